The van der Waals surface area contributed by atoms with Gasteiger partial charge in [-0.25, -0.2) is 9.97 Å². The number of hydrogen-bond donors (Lipinski definition) is 2. The minimum absolute atomic E-state index is 0.208. The Bertz CT molecular complexity index is 886. The fraction of sp³-hybridized carbons (Fsp3) is 0. The van der Waals surface area contributed by atoms with Crippen LogP contribution in [-0.4, -0.2) is 15.9 Å². The van der Waals surface area contributed by atoms with E-state index < -0.39 is 0 Å². The van der Waals surface area contributed by atoms with Gasteiger partial charge < -0.3 is 10.6 Å². The van der Waals surface area contributed by atoms with Crippen molar-refractivity contribution >= 4 is 46.3 Å². The molecule has 0 atom stereocenters. The van der Waals surface area contributed by atoms with E-state index in [1.807, 2.05) is 18.2 Å². The lowest BCUT2D eigenvalue weighted by Gasteiger charge is -2.09. The van der Waals surface area contributed by atoms with Gasteiger partial charge in [0, 0.05) is 6.07 Å². The zero-order valence-electron chi connectivity index (χ0n) is 12.3. The predicted molar refractivity (Wildman–Crippen MR) is 96.2 cm³/mol. The summed E-state index contributed by atoms with van der Waals surface area (Å²) in [6.07, 6.45) is 1.31. The van der Waals surface area contributed by atoms with E-state index in [0.29, 0.717) is 27.2 Å². The maximum absolute atomic E-state index is 12.3. The van der Waals surface area contributed by atoms with Gasteiger partial charge in [0.15, 0.2) is 0 Å². The number of carbonyl (C=O) groups excluding carboxylic acids is 1. The van der Waals surface area contributed by atoms with Crippen molar-refractivity contribution in [2.45, 2.75) is 0 Å². The summed E-state index contributed by atoms with van der Waals surface area (Å²) >= 11 is 12.1. The van der Waals surface area contributed by atoms with Crippen molar-refractivity contribution in [2.75, 3.05) is 10.6 Å². The van der Waals surface area contributed by atoms with E-state index in [9.17, 15) is 4.79 Å². The molecule has 0 saturated heterocycles. The van der Waals surface area contributed by atoms with Crippen molar-refractivity contribution in [3.05, 3.63) is 76.7 Å². The van der Waals surface area contributed by atoms with Crippen molar-refractivity contribution in [1.29, 1.82) is 0 Å². The van der Waals surface area contributed by atoms with Crippen LogP contribution in [0.2, 0.25) is 10.0 Å². The number of nitrogens with one attached hydrogen (secondary N) is 2. The maximum Gasteiger partial charge on any atom is 0.274 e. The van der Waals surface area contributed by atoms with Gasteiger partial charge in [0.25, 0.3) is 5.91 Å². The van der Waals surface area contributed by atoms with Gasteiger partial charge in [-0.2, -0.15) is 0 Å². The molecule has 0 unspecified atom stereocenters. The smallest absolute Gasteiger partial charge is 0.274 e. The van der Waals surface area contributed by atoms with Crippen LogP contribution in [0.25, 0.3) is 0 Å². The molecule has 0 aliphatic rings. The number of hydrogen-bond acceptors (Lipinski definition) is 4. The predicted octanol–water partition coefficient (Wildman–Crippen LogP) is 4.78. The number of aromatic nitrogens is 2. The van der Waals surface area contributed by atoms with E-state index in [0.717, 1.165) is 0 Å². The molecule has 3 rings (SSSR count). The molecule has 0 spiro atoms. The van der Waals surface area contributed by atoms with E-state index in [2.05, 4.69) is 20.6 Å². The summed E-state index contributed by atoms with van der Waals surface area (Å²) in [6, 6.07) is 15.8. The molecule has 120 valence electrons. The average Bonchev–Trinajstić information content (AvgIpc) is 2.59. The topological polar surface area (TPSA) is 66.9 Å². The molecule has 1 amide bonds. The van der Waals surface area contributed by atoms with Gasteiger partial charge in [0.2, 0.25) is 0 Å². The summed E-state index contributed by atoms with van der Waals surface area (Å²) < 4.78 is 0. The monoisotopic (exact) mass is 358 g/mol. The SMILES string of the molecule is O=C(Nc1ccccc1Cl)c1cc(Nc2ccccc2Cl)ncn1. The fourth-order valence-electron chi connectivity index (χ4n) is 2.00. The molecular weight excluding hydrogens is 347 g/mol. The summed E-state index contributed by atoms with van der Waals surface area (Å²) in [4.78, 5) is 20.4. The van der Waals surface area contributed by atoms with Gasteiger partial charge >= 0.3 is 0 Å². The highest BCUT2D eigenvalue weighted by Gasteiger charge is 2.11. The summed E-state index contributed by atoms with van der Waals surface area (Å²) in [5.41, 5.74) is 1.41. The van der Waals surface area contributed by atoms with Crippen LogP contribution in [-0.2, 0) is 0 Å². The molecule has 2 aromatic carbocycles. The zero-order valence-corrected chi connectivity index (χ0v) is 13.8. The summed E-state index contributed by atoms with van der Waals surface area (Å²) in [7, 11) is 0. The highest BCUT2D eigenvalue weighted by Crippen LogP contribution is 2.24. The van der Waals surface area contributed by atoms with E-state index >= 15 is 0 Å². The molecule has 0 fully saturated rings. The first kappa shape index (κ1) is 16.2. The Kier molecular flexibility index (Phi) is 4.93. The summed E-state index contributed by atoms with van der Waals surface area (Å²) in [6.45, 7) is 0. The number of benzene rings is 2. The average molecular weight is 359 g/mol. The number of para-hydroxylation sites is 2. The largest absolute Gasteiger partial charge is 0.339 e. The lowest BCUT2D eigenvalue weighted by atomic mass is 10.3. The quantitative estimate of drug-likeness (QED) is 0.704. The van der Waals surface area contributed by atoms with E-state index in [4.69, 9.17) is 23.2 Å². The Hall–Kier alpha value is -2.63. The number of halogens is 2. The van der Waals surface area contributed by atoms with Crippen LogP contribution in [0.1, 0.15) is 10.5 Å². The Morgan fingerprint density at radius 1 is 0.875 bits per heavy atom. The van der Waals surface area contributed by atoms with Crippen LogP contribution in [0.4, 0.5) is 17.2 Å². The Balaban J connectivity index is 1.79. The Morgan fingerprint density at radius 2 is 1.50 bits per heavy atom. The van der Waals surface area contributed by atoms with E-state index in [-0.39, 0.29) is 11.6 Å². The number of amides is 1. The highest BCUT2D eigenvalue weighted by molar-refractivity contribution is 6.34. The summed E-state index contributed by atoms with van der Waals surface area (Å²) in [5, 5.41) is 6.77. The molecule has 0 saturated carbocycles. The van der Waals surface area contributed by atoms with Gasteiger partial charge in [-0.1, -0.05) is 47.5 Å². The van der Waals surface area contributed by atoms with Crippen molar-refractivity contribution in [1.82, 2.24) is 9.97 Å². The maximum atomic E-state index is 12.3. The van der Waals surface area contributed by atoms with Crippen LogP contribution in [0, 0.1) is 0 Å². The highest BCUT2D eigenvalue weighted by atomic mass is 35.5. The molecule has 2 N–H and O–H groups in total. The van der Waals surface area contributed by atoms with Gasteiger partial charge in [0.1, 0.15) is 17.8 Å². The number of anilines is 3. The molecule has 5 nitrogen and oxygen atoms in total. The normalized spacial score (nSPS) is 10.2. The second-order valence-corrected chi connectivity index (χ2v) is 5.64. The lowest BCUT2D eigenvalue weighted by molar-refractivity contribution is 0.102. The van der Waals surface area contributed by atoms with Gasteiger partial charge in [-0.05, 0) is 24.3 Å². The first-order chi connectivity index (χ1) is 11.6. The van der Waals surface area contributed by atoms with Crippen LogP contribution in [0.5, 0.6) is 0 Å². The minimum atomic E-state index is -0.382. The molecule has 0 radical (unpaired) electrons. The van der Waals surface area contributed by atoms with Crippen molar-refractivity contribution < 1.29 is 4.79 Å². The van der Waals surface area contributed by atoms with Crippen molar-refractivity contribution in [2.24, 2.45) is 0 Å². The van der Waals surface area contributed by atoms with Gasteiger partial charge in [0.05, 0.1) is 21.4 Å². The van der Waals surface area contributed by atoms with E-state index in [1.165, 1.54) is 12.4 Å². The number of carbonyl (C=O) groups is 1. The number of nitrogens with zero attached hydrogens (tertiary/aromatic N) is 2. The Labute approximate surface area is 148 Å². The fourth-order valence-corrected chi connectivity index (χ4v) is 2.37. The molecule has 24 heavy (non-hydrogen) atoms. The molecule has 1 aromatic heterocycles. The molecule has 0 bridgehead atoms. The third kappa shape index (κ3) is 3.82. The molecule has 0 aliphatic heterocycles. The zero-order chi connectivity index (χ0) is 16.9. The Morgan fingerprint density at radius 3 is 2.17 bits per heavy atom. The van der Waals surface area contributed by atoms with Crippen LogP contribution < -0.4 is 10.6 Å². The minimum Gasteiger partial charge on any atom is -0.339 e. The first-order valence-electron chi connectivity index (χ1n) is 7.03. The van der Waals surface area contributed by atoms with Crippen LogP contribution in [0.3, 0.4) is 0 Å². The van der Waals surface area contributed by atoms with Crippen LogP contribution >= 0.6 is 23.2 Å². The second kappa shape index (κ2) is 7.29. The second-order valence-electron chi connectivity index (χ2n) is 4.83. The van der Waals surface area contributed by atoms with Crippen LogP contribution in [0.15, 0.2) is 60.9 Å². The molecule has 3 aromatic rings. The third-order valence-electron chi connectivity index (χ3n) is 3.16. The summed E-state index contributed by atoms with van der Waals surface area (Å²) in [5.74, 6) is 0.0788. The standard InChI is InChI=1S/C17H12Cl2N4O/c18-11-5-1-3-7-13(11)22-16-9-15(20-10-21-16)17(24)23-14-8-4-2-6-12(14)19/h1-10H,(H,23,24)(H,20,21,22). The molecule has 0 aliphatic carbocycles. The molecular formula is C17H12Cl2N4O. The van der Waals surface area contributed by atoms with Crippen molar-refractivity contribution in [3.63, 3.8) is 0 Å². The van der Waals surface area contributed by atoms with Gasteiger partial charge in [-0.15, -0.1) is 0 Å². The molecule has 7 heteroatoms. The number of rotatable bonds is 4. The van der Waals surface area contributed by atoms with Crippen molar-refractivity contribution in [3.8, 4) is 0 Å². The van der Waals surface area contributed by atoms with E-state index in [1.54, 1.807) is 30.3 Å². The molecule has 1 heterocycles. The third-order valence-corrected chi connectivity index (χ3v) is 3.82. The first-order valence-corrected chi connectivity index (χ1v) is 7.78. The van der Waals surface area contributed by atoms with Gasteiger partial charge in [-0.3, -0.25) is 4.79 Å². The lowest BCUT2D eigenvalue weighted by Crippen LogP contribution is -2.14.